The molecule has 56 heavy (non-hydrogen) atoms. The van der Waals surface area contributed by atoms with Gasteiger partial charge in [0.2, 0.25) is 5.91 Å². The van der Waals surface area contributed by atoms with Crippen molar-refractivity contribution in [2.75, 3.05) is 43.5 Å². The maximum Gasteiger partial charge on any atom is 0.255 e. The van der Waals surface area contributed by atoms with Gasteiger partial charge in [-0.3, -0.25) is 14.4 Å². The average molecular weight is 761 g/mol. The number of carbonyl (C=O) groups excluding carboxylic acids is 4. The molecule has 2 fully saturated rings. The molecule has 3 aromatic carbocycles. The number of aromatic nitrogens is 1. The fraction of sp³-hybridized carbons (Fsp3) is 0.409. The van der Waals surface area contributed by atoms with Crippen LogP contribution in [0.1, 0.15) is 88.2 Å². The lowest BCUT2D eigenvalue weighted by Crippen LogP contribution is -2.47. The van der Waals surface area contributed by atoms with Crippen LogP contribution in [0.5, 0.6) is 0 Å². The number of benzene rings is 3. The Hall–Kier alpha value is -5.83. The zero-order valence-electron chi connectivity index (χ0n) is 32.7. The fourth-order valence-electron chi connectivity index (χ4n) is 7.99. The molecular formula is C44H49FN6O5. The predicted octanol–water partition coefficient (Wildman–Crippen LogP) is 7.38. The minimum Gasteiger partial charge on any atom is -0.369 e. The summed E-state index contributed by atoms with van der Waals surface area (Å²) in [5.74, 6) is -0.548. The number of piperidine rings is 1. The third kappa shape index (κ3) is 8.08. The molecule has 12 heteroatoms. The van der Waals surface area contributed by atoms with Crippen LogP contribution in [0.2, 0.25) is 0 Å². The average Bonchev–Trinajstić information content (AvgIpc) is 3.95. The first kappa shape index (κ1) is 39.9. The van der Waals surface area contributed by atoms with Crippen molar-refractivity contribution in [1.82, 2.24) is 15.4 Å². The second-order valence-corrected chi connectivity index (χ2v) is 15.1. The zero-order valence-corrected chi connectivity index (χ0v) is 32.7. The molecule has 4 aromatic rings. The van der Waals surface area contributed by atoms with E-state index in [4.69, 9.17) is 4.52 Å². The Balaban J connectivity index is 1.21. The van der Waals surface area contributed by atoms with Crippen molar-refractivity contribution in [1.29, 1.82) is 5.26 Å². The van der Waals surface area contributed by atoms with E-state index in [1.807, 2.05) is 18.7 Å². The van der Waals surface area contributed by atoms with Gasteiger partial charge < -0.3 is 29.3 Å². The topological polar surface area (TPSA) is 140 Å². The van der Waals surface area contributed by atoms with E-state index in [-0.39, 0.29) is 35.1 Å². The highest BCUT2D eigenvalue weighted by molar-refractivity contribution is 6.04. The molecule has 1 N–H and O–H groups in total. The highest BCUT2D eigenvalue weighted by Crippen LogP contribution is 2.48. The summed E-state index contributed by atoms with van der Waals surface area (Å²) in [5.41, 5.74) is 6.84. The number of nitrogens with one attached hydrogen (secondary N) is 1. The molecule has 1 aliphatic carbocycles. The third-order valence-corrected chi connectivity index (χ3v) is 11.6. The molecule has 1 saturated heterocycles. The second-order valence-electron chi connectivity index (χ2n) is 15.1. The molecule has 1 aromatic heterocycles. The van der Waals surface area contributed by atoms with Crippen molar-refractivity contribution in [3.63, 3.8) is 0 Å². The van der Waals surface area contributed by atoms with E-state index in [1.54, 1.807) is 0 Å². The van der Waals surface area contributed by atoms with Crippen LogP contribution in [0, 0.1) is 43.8 Å². The quantitative estimate of drug-likeness (QED) is 0.123. The SMILES string of the molecule is CNC(=O)C(CCC=O)N(C)C(=O)c1cc(N2CCC(CCN(c3ccc(C4(C#N)CC4)cc3)c3cc(-c4c(C)noc4C)ccc3C)CC2)c(F)cc1C=O. The Kier molecular flexibility index (Phi) is 12.0. The van der Waals surface area contributed by atoms with E-state index in [1.165, 1.54) is 25.1 Å². The van der Waals surface area contributed by atoms with Crippen LogP contribution in [-0.4, -0.2) is 74.2 Å². The minimum absolute atomic E-state index is 0.000690. The molecule has 2 aliphatic rings. The monoisotopic (exact) mass is 760 g/mol. The highest BCUT2D eigenvalue weighted by Gasteiger charge is 2.44. The lowest BCUT2D eigenvalue weighted by Gasteiger charge is -2.36. The summed E-state index contributed by atoms with van der Waals surface area (Å²) in [4.78, 5) is 54.8. The van der Waals surface area contributed by atoms with E-state index < -0.39 is 23.7 Å². The number of hydrogen-bond acceptors (Lipinski definition) is 9. The first-order chi connectivity index (χ1) is 26.9. The van der Waals surface area contributed by atoms with Crippen molar-refractivity contribution in [2.24, 2.45) is 5.92 Å². The predicted molar refractivity (Wildman–Crippen MR) is 213 cm³/mol. The summed E-state index contributed by atoms with van der Waals surface area (Å²) in [6.45, 7) is 7.79. The van der Waals surface area contributed by atoms with Gasteiger partial charge in [-0.2, -0.15) is 5.26 Å². The second kappa shape index (κ2) is 16.9. The zero-order chi connectivity index (χ0) is 40.1. The number of carbonyl (C=O) groups is 4. The lowest BCUT2D eigenvalue weighted by molar-refractivity contribution is -0.125. The van der Waals surface area contributed by atoms with Crippen molar-refractivity contribution in [3.05, 3.63) is 94.1 Å². The Morgan fingerprint density at radius 3 is 2.39 bits per heavy atom. The highest BCUT2D eigenvalue weighted by atomic mass is 19.1. The number of aryl methyl sites for hydroxylation is 3. The number of aldehydes is 2. The number of hydrogen-bond donors (Lipinski definition) is 1. The Labute approximate surface area is 327 Å². The molecule has 1 saturated carbocycles. The number of amides is 2. The van der Waals surface area contributed by atoms with Crippen molar-refractivity contribution >= 4 is 41.4 Å². The molecular weight excluding hydrogens is 712 g/mol. The molecule has 292 valence electrons. The van der Waals surface area contributed by atoms with Gasteiger partial charge in [0, 0.05) is 62.7 Å². The van der Waals surface area contributed by atoms with Crippen molar-refractivity contribution in [2.45, 2.75) is 77.2 Å². The fourth-order valence-corrected chi connectivity index (χ4v) is 7.99. The van der Waals surface area contributed by atoms with E-state index in [0.717, 1.165) is 89.8 Å². The molecule has 2 amide bonds. The number of likely N-dealkylation sites (N-methyl/N-ethyl adjacent to an activating group) is 2. The molecule has 11 nitrogen and oxygen atoms in total. The summed E-state index contributed by atoms with van der Waals surface area (Å²) < 4.78 is 21.1. The van der Waals surface area contributed by atoms with Crippen LogP contribution in [-0.2, 0) is 15.0 Å². The maximum absolute atomic E-state index is 15.6. The molecule has 0 radical (unpaired) electrons. The van der Waals surface area contributed by atoms with Crippen LogP contribution in [0.3, 0.4) is 0 Å². The molecule has 1 unspecified atom stereocenters. The Bertz CT molecular complexity index is 2130. The van der Waals surface area contributed by atoms with Gasteiger partial charge in [0.25, 0.3) is 5.91 Å². The van der Waals surface area contributed by atoms with E-state index >= 15 is 4.39 Å². The number of halogens is 1. The summed E-state index contributed by atoms with van der Waals surface area (Å²) in [7, 11) is 2.89. The number of nitriles is 1. The molecule has 0 bridgehead atoms. The molecule has 1 atom stereocenters. The normalized spacial score (nSPS) is 15.4. The van der Waals surface area contributed by atoms with Gasteiger partial charge >= 0.3 is 0 Å². The third-order valence-electron chi connectivity index (χ3n) is 11.6. The van der Waals surface area contributed by atoms with Gasteiger partial charge in [-0.1, -0.05) is 29.4 Å². The smallest absolute Gasteiger partial charge is 0.255 e. The summed E-state index contributed by atoms with van der Waals surface area (Å²) in [6.07, 6.45) is 5.52. The first-order valence-corrected chi connectivity index (χ1v) is 19.2. The van der Waals surface area contributed by atoms with Crippen molar-refractivity contribution in [3.8, 4) is 17.2 Å². The van der Waals surface area contributed by atoms with Crippen LogP contribution in [0.4, 0.5) is 21.5 Å². The largest absolute Gasteiger partial charge is 0.369 e. The summed E-state index contributed by atoms with van der Waals surface area (Å²) in [5, 5.41) is 16.5. The van der Waals surface area contributed by atoms with E-state index in [0.29, 0.717) is 31.6 Å². The van der Waals surface area contributed by atoms with Gasteiger partial charge in [-0.15, -0.1) is 0 Å². The maximum atomic E-state index is 15.6. The Morgan fingerprint density at radius 2 is 1.80 bits per heavy atom. The standard InChI is InChI=1S/C44H49FN6O5/c1-28-8-9-32(41-29(2)48-56-30(41)3)24-39(28)51(35-12-10-34(11-13-35)44(27-46)17-18-44)21-16-31-14-19-50(20-15-31)40-25-36(33(26-53)23-37(40)45)43(55)49(5)38(7-6-22-52)42(54)47-4/h8-13,22-26,31,38H,6-7,14-21H2,1-5H3,(H,47,54). The van der Waals surface area contributed by atoms with Gasteiger partial charge in [-0.05, 0) is 112 Å². The van der Waals surface area contributed by atoms with Crippen LogP contribution in [0.25, 0.3) is 11.1 Å². The molecule has 2 heterocycles. The number of anilines is 3. The minimum atomic E-state index is -0.937. The van der Waals surface area contributed by atoms with Crippen LogP contribution < -0.4 is 15.1 Å². The Morgan fingerprint density at radius 1 is 1.09 bits per heavy atom. The number of nitrogens with zero attached hydrogens (tertiary/aromatic N) is 5. The van der Waals surface area contributed by atoms with Crippen molar-refractivity contribution < 1.29 is 28.1 Å². The molecule has 1 aliphatic heterocycles. The summed E-state index contributed by atoms with van der Waals surface area (Å²) in [6, 6.07) is 18.8. The number of rotatable bonds is 15. The van der Waals surface area contributed by atoms with Gasteiger partial charge in [0.1, 0.15) is 23.9 Å². The first-order valence-electron chi connectivity index (χ1n) is 19.2. The van der Waals surface area contributed by atoms with Crippen LogP contribution >= 0.6 is 0 Å². The van der Waals surface area contributed by atoms with E-state index in [2.05, 4.69) is 70.8 Å². The molecule has 0 spiro atoms. The van der Waals surface area contributed by atoms with Gasteiger partial charge in [0.05, 0.1) is 28.4 Å². The van der Waals surface area contributed by atoms with Gasteiger partial charge in [0.15, 0.2) is 6.29 Å². The lowest BCUT2D eigenvalue weighted by atomic mass is 9.92. The van der Waals surface area contributed by atoms with Gasteiger partial charge in [-0.25, -0.2) is 4.39 Å². The van der Waals surface area contributed by atoms with E-state index in [9.17, 15) is 24.4 Å². The van der Waals surface area contributed by atoms with Crippen LogP contribution in [0.15, 0.2) is 59.1 Å². The molecule has 6 rings (SSSR count). The summed E-state index contributed by atoms with van der Waals surface area (Å²) >= 11 is 0.